The Bertz CT molecular complexity index is 1100. The summed E-state index contributed by atoms with van der Waals surface area (Å²) >= 11 is 0. The normalized spacial score (nSPS) is 14.9. The Morgan fingerprint density at radius 3 is 2.36 bits per heavy atom. The maximum Gasteiger partial charge on any atom is 0.161 e. The van der Waals surface area contributed by atoms with Crippen LogP contribution in [0.5, 0.6) is 11.5 Å². The van der Waals surface area contributed by atoms with Crippen molar-refractivity contribution in [3.8, 4) is 22.8 Å². The molecule has 33 heavy (non-hydrogen) atoms. The number of fused-ring (bicyclic) bond motifs is 1. The predicted molar refractivity (Wildman–Crippen MR) is 138 cm³/mol. The molecule has 1 aliphatic heterocycles. The number of aromatic nitrogens is 1. The lowest BCUT2D eigenvalue weighted by molar-refractivity contribution is 0.259. The van der Waals surface area contributed by atoms with Crippen LogP contribution in [0.4, 0.5) is 5.69 Å². The lowest BCUT2D eigenvalue weighted by Gasteiger charge is -2.37. The van der Waals surface area contributed by atoms with Crippen LogP contribution in [0.2, 0.25) is 0 Å². The zero-order valence-corrected chi connectivity index (χ0v) is 20.9. The summed E-state index contributed by atoms with van der Waals surface area (Å²) in [6, 6.07) is 10.9. The molecular weight excluding hydrogens is 412 g/mol. The minimum absolute atomic E-state index is 0.385. The molecule has 0 radical (unpaired) electrons. The zero-order chi connectivity index (χ0) is 23.5. The number of methoxy groups -OCH3 is 2. The van der Waals surface area contributed by atoms with Crippen molar-refractivity contribution in [2.45, 2.75) is 26.7 Å². The van der Waals surface area contributed by atoms with Crippen LogP contribution in [-0.4, -0.2) is 70.4 Å². The molecular formula is C27H38N4O2. The van der Waals surface area contributed by atoms with E-state index in [0.29, 0.717) is 5.92 Å². The first-order chi connectivity index (χ1) is 16.0. The summed E-state index contributed by atoms with van der Waals surface area (Å²) in [7, 11) is 5.38. The second-order valence-electron chi connectivity index (χ2n) is 9.25. The molecule has 0 saturated carbocycles. The second kappa shape index (κ2) is 10.1. The molecule has 0 unspecified atom stereocenters. The third kappa shape index (κ3) is 4.68. The van der Waals surface area contributed by atoms with Crippen LogP contribution in [-0.2, 0) is 0 Å². The van der Waals surface area contributed by atoms with E-state index in [-0.39, 0.29) is 0 Å². The van der Waals surface area contributed by atoms with Gasteiger partial charge in [-0.3, -0.25) is 4.90 Å². The van der Waals surface area contributed by atoms with Gasteiger partial charge in [0, 0.05) is 61.4 Å². The topological polar surface area (TPSA) is 52.8 Å². The van der Waals surface area contributed by atoms with Gasteiger partial charge in [0.25, 0.3) is 0 Å². The average molecular weight is 451 g/mol. The highest BCUT2D eigenvalue weighted by atomic mass is 16.5. The summed E-state index contributed by atoms with van der Waals surface area (Å²) in [6.45, 7) is 13.3. The fourth-order valence-electron chi connectivity index (χ4n) is 5.00. The van der Waals surface area contributed by atoms with Crippen molar-refractivity contribution in [3.63, 3.8) is 0 Å². The quantitative estimate of drug-likeness (QED) is 0.524. The minimum Gasteiger partial charge on any atom is -0.493 e. The van der Waals surface area contributed by atoms with Gasteiger partial charge < -0.3 is 24.7 Å². The van der Waals surface area contributed by atoms with Gasteiger partial charge >= 0.3 is 0 Å². The Morgan fingerprint density at radius 2 is 1.73 bits per heavy atom. The molecule has 1 fully saturated rings. The van der Waals surface area contributed by atoms with Crippen molar-refractivity contribution >= 4 is 16.6 Å². The molecule has 2 aromatic carbocycles. The van der Waals surface area contributed by atoms with Crippen molar-refractivity contribution < 1.29 is 9.47 Å². The number of anilines is 1. The average Bonchev–Trinajstić information content (AvgIpc) is 3.20. The molecule has 0 spiro atoms. The van der Waals surface area contributed by atoms with Crippen LogP contribution in [0.3, 0.4) is 0 Å². The minimum atomic E-state index is 0.385. The fourth-order valence-corrected chi connectivity index (χ4v) is 5.00. The van der Waals surface area contributed by atoms with E-state index in [0.717, 1.165) is 62.0 Å². The molecule has 0 aliphatic carbocycles. The molecule has 0 amide bonds. The van der Waals surface area contributed by atoms with Gasteiger partial charge in [0.2, 0.25) is 0 Å². The van der Waals surface area contributed by atoms with Crippen molar-refractivity contribution in [2.75, 3.05) is 65.4 Å². The fraction of sp³-hybridized carbons (Fsp3) is 0.481. The Hall–Kier alpha value is -2.70. The van der Waals surface area contributed by atoms with E-state index in [9.17, 15) is 0 Å². The summed E-state index contributed by atoms with van der Waals surface area (Å²) in [4.78, 5) is 8.82. The van der Waals surface area contributed by atoms with E-state index in [4.69, 9.17) is 9.47 Å². The van der Waals surface area contributed by atoms with Gasteiger partial charge in [-0.1, -0.05) is 13.8 Å². The van der Waals surface area contributed by atoms with Gasteiger partial charge in [-0.15, -0.1) is 0 Å². The number of aryl methyl sites for hydroxylation is 1. The van der Waals surface area contributed by atoms with E-state index in [1.165, 1.54) is 27.7 Å². The van der Waals surface area contributed by atoms with E-state index < -0.39 is 0 Å². The number of aromatic amines is 1. The summed E-state index contributed by atoms with van der Waals surface area (Å²) in [5.74, 6) is 1.88. The maximum atomic E-state index is 5.57. The molecule has 0 atom stereocenters. The van der Waals surface area contributed by atoms with E-state index >= 15 is 0 Å². The highest BCUT2D eigenvalue weighted by molar-refractivity contribution is 5.94. The Balaban J connectivity index is 1.72. The smallest absolute Gasteiger partial charge is 0.161 e. The monoisotopic (exact) mass is 450 g/mol. The number of ether oxygens (including phenoxy) is 2. The van der Waals surface area contributed by atoms with Gasteiger partial charge in [0.05, 0.1) is 19.9 Å². The lowest BCUT2D eigenvalue weighted by atomic mass is 9.95. The maximum absolute atomic E-state index is 5.57. The molecule has 6 nitrogen and oxygen atoms in total. The molecule has 3 aromatic rings. The van der Waals surface area contributed by atoms with Crippen molar-refractivity contribution in [1.29, 1.82) is 0 Å². The second-order valence-corrected chi connectivity index (χ2v) is 9.25. The third-order valence-corrected chi connectivity index (χ3v) is 6.80. The first kappa shape index (κ1) is 23.5. The first-order valence-electron chi connectivity index (χ1n) is 12.0. The Labute approximate surface area is 197 Å². The molecule has 0 bridgehead atoms. The number of hydrogen-bond acceptors (Lipinski definition) is 5. The number of piperazine rings is 1. The van der Waals surface area contributed by atoms with E-state index in [2.05, 4.69) is 65.1 Å². The molecule has 1 aliphatic rings. The summed E-state index contributed by atoms with van der Waals surface area (Å²) in [5, 5.41) is 4.57. The molecule has 1 aromatic heterocycles. The SMILES string of the molecule is CNCCN1CCN(c2cc3c(C(C)C)c(-c4ccc(OC)c(OC)c4)[nH]c3cc2C)CC1. The van der Waals surface area contributed by atoms with Crippen LogP contribution in [0, 0.1) is 6.92 Å². The molecule has 2 heterocycles. The van der Waals surface area contributed by atoms with Gasteiger partial charge in [-0.2, -0.15) is 0 Å². The van der Waals surface area contributed by atoms with Crippen molar-refractivity contribution in [2.24, 2.45) is 0 Å². The number of rotatable bonds is 8. The number of H-pyrrole nitrogens is 1. The Kier molecular flexibility index (Phi) is 7.15. The molecule has 178 valence electrons. The van der Waals surface area contributed by atoms with Crippen LogP contribution in [0.25, 0.3) is 22.2 Å². The van der Waals surface area contributed by atoms with Crippen LogP contribution in [0.15, 0.2) is 30.3 Å². The van der Waals surface area contributed by atoms with Crippen LogP contribution < -0.4 is 19.7 Å². The molecule has 6 heteroatoms. The van der Waals surface area contributed by atoms with Crippen LogP contribution >= 0.6 is 0 Å². The van der Waals surface area contributed by atoms with Gasteiger partial charge in [-0.25, -0.2) is 0 Å². The number of nitrogens with one attached hydrogen (secondary N) is 2. The highest BCUT2D eigenvalue weighted by Crippen LogP contribution is 2.40. The van der Waals surface area contributed by atoms with Gasteiger partial charge in [-0.05, 0) is 61.3 Å². The molecule has 1 saturated heterocycles. The molecule has 2 N–H and O–H groups in total. The largest absolute Gasteiger partial charge is 0.493 e. The number of hydrogen-bond donors (Lipinski definition) is 2. The third-order valence-electron chi connectivity index (χ3n) is 6.80. The summed E-state index contributed by atoms with van der Waals surface area (Å²) < 4.78 is 11.0. The van der Waals surface area contributed by atoms with Crippen LogP contribution in [0.1, 0.15) is 30.9 Å². The van der Waals surface area contributed by atoms with E-state index in [1.54, 1.807) is 14.2 Å². The number of nitrogens with zero attached hydrogens (tertiary/aromatic N) is 2. The number of likely N-dealkylation sites (N-methyl/N-ethyl adjacent to an activating group) is 1. The van der Waals surface area contributed by atoms with Gasteiger partial charge in [0.1, 0.15) is 0 Å². The predicted octanol–water partition coefficient (Wildman–Crippen LogP) is 4.63. The Morgan fingerprint density at radius 1 is 1.00 bits per heavy atom. The standard InChI is InChI=1S/C27H38N4O2/c1-18(2)26-21-17-23(31-13-11-30(12-14-31)10-9-28-4)19(3)15-22(21)29-27(26)20-7-8-24(32-5)25(16-20)33-6/h7-8,15-18,28-29H,9-14H2,1-6H3. The number of benzene rings is 2. The summed E-state index contributed by atoms with van der Waals surface area (Å²) in [6.07, 6.45) is 0. The lowest BCUT2D eigenvalue weighted by Crippen LogP contribution is -2.48. The van der Waals surface area contributed by atoms with Crippen molar-refractivity contribution in [1.82, 2.24) is 15.2 Å². The zero-order valence-electron chi connectivity index (χ0n) is 20.9. The first-order valence-corrected chi connectivity index (χ1v) is 12.0. The van der Waals surface area contributed by atoms with Crippen molar-refractivity contribution in [3.05, 3.63) is 41.5 Å². The van der Waals surface area contributed by atoms with E-state index in [1.807, 2.05) is 13.1 Å². The summed E-state index contributed by atoms with van der Waals surface area (Å²) in [5.41, 5.74) is 7.50. The molecule has 4 rings (SSSR count). The highest BCUT2D eigenvalue weighted by Gasteiger charge is 2.22. The van der Waals surface area contributed by atoms with Gasteiger partial charge in [0.15, 0.2) is 11.5 Å².